The molecule has 128 valence electrons. The van der Waals surface area contributed by atoms with E-state index < -0.39 is 11.7 Å². The molecule has 0 spiro atoms. The fourth-order valence-corrected chi connectivity index (χ4v) is 2.41. The van der Waals surface area contributed by atoms with Gasteiger partial charge in [0.05, 0.1) is 22.9 Å². The van der Waals surface area contributed by atoms with Crippen LogP contribution in [0.1, 0.15) is 19.4 Å². The summed E-state index contributed by atoms with van der Waals surface area (Å²) in [5.41, 5.74) is -0.834. The molecule has 1 aromatic rings. The number of rotatable bonds is 7. The highest BCUT2D eigenvalue weighted by molar-refractivity contribution is 7.99. The zero-order valence-corrected chi connectivity index (χ0v) is 13.6. The van der Waals surface area contributed by atoms with E-state index in [0.29, 0.717) is 18.1 Å². The molecule has 0 aliphatic rings. The van der Waals surface area contributed by atoms with Gasteiger partial charge in [0.15, 0.2) is 0 Å². The van der Waals surface area contributed by atoms with Gasteiger partial charge in [-0.3, -0.25) is 9.59 Å². The monoisotopic (exact) mass is 349 g/mol. The number of nitrogens with one attached hydrogen (secondary N) is 1. The molecule has 0 unspecified atom stereocenters. The van der Waals surface area contributed by atoms with Crippen molar-refractivity contribution in [1.82, 2.24) is 15.2 Å². The van der Waals surface area contributed by atoms with Gasteiger partial charge in [0.2, 0.25) is 11.8 Å². The van der Waals surface area contributed by atoms with Gasteiger partial charge in [-0.15, -0.1) is 0 Å². The lowest BCUT2D eigenvalue weighted by atomic mass is 10.3. The zero-order chi connectivity index (χ0) is 17.5. The van der Waals surface area contributed by atoms with Crippen LogP contribution < -0.4 is 5.32 Å². The third-order valence-electron chi connectivity index (χ3n) is 2.85. The number of pyridine rings is 1. The minimum atomic E-state index is -4.43. The molecule has 1 heterocycles. The first-order valence-electron chi connectivity index (χ1n) is 6.98. The second-order valence-electron chi connectivity index (χ2n) is 4.53. The van der Waals surface area contributed by atoms with E-state index >= 15 is 0 Å². The summed E-state index contributed by atoms with van der Waals surface area (Å²) in [6, 6.07) is 2.15. The van der Waals surface area contributed by atoms with Crippen molar-refractivity contribution in [2.45, 2.75) is 25.0 Å². The molecule has 0 saturated heterocycles. The summed E-state index contributed by atoms with van der Waals surface area (Å²) in [4.78, 5) is 28.6. The lowest BCUT2D eigenvalue weighted by Gasteiger charge is -2.19. The Morgan fingerprint density at radius 3 is 2.48 bits per heavy atom. The van der Waals surface area contributed by atoms with Gasteiger partial charge < -0.3 is 10.2 Å². The number of carbonyl (C=O) groups excluding carboxylic acids is 2. The standard InChI is InChI=1S/C14H18F3N3O2S/c1-3-18-11(21)8-20(4-2)13(22)9-23-12-6-5-10(7-19-12)14(15,16)17/h5-7H,3-4,8-9H2,1-2H3,(H,18,21). The van der Waals surface area contributed by atoms with Crippen LogP contribution in [0.25, 0.3) is 0 Å². The Balaban J connectivity index is 2.55. The molecule has 0 atom stereocenters. The van der Waals surface area contributed by atoms with Crippen LogP contribution in [0.2, 0.25) is 0 Å². The summed E-state index contributed by atoms with van der Waals surface area (Å²) in [5, 5.41) is 2.92. The Morgan fingerprint density at radius 2 is 2.00 bits per heavy atom. The Morgan fingerprint density at radius 1 is 1.30 bits per heavy atom. The maximum absolute atomic E-state index is 12.4. The lowest BCUT2D eigenvalue weighted by molar-refractivity contribution is -0.138. The number of alkyl halides is 3. The summed E-state index contributed by atoms with van der Waals surface area (Å²) in [6.07, 6.45) is -3.70. The summed E-state index contributed by atoms with van der Waals surface area (Å²) in [6.45, 7) is 4.34. The predicted molar refractivity (Wildman–Crippen MR) is 80.9 cm³/mol. The number of nitrogens with zero attached hydrogens (tertiary/aromatic N) is 2. The molecule has 0 aliphatic heterocycles. The molecular weight excluding hydrogens is 331 g/mol. The SMILES string of the molecule is CCNC(=O)CN(CC)C(=O)CSc1ccc(C(F)(F)F)cn1. The van der Waals surface area contributed by atoms with Gasteiger partial charge in [-0.25, -0.2) is 4.98 Å². The van der Waals surface area contributed by atoms with Crippen molar-refractivity contribution in [3.8, 4) is 0 Å². The summed E-state index contributed by atoms with van der Waals surface area (Å²) >= 11 is 1.03. The molecule has 2 amide bonds. The minimum Gasteiger partial charge on any atom is -0.355 e. The summed E-state index contributed by atoms with van der Waals surface area (Å²) in [5.74, 6) is -0.517. The third kappa shape index (κ3) is 6.47. The van der Waals surface area contributed by atoms with Gasteiger partial charge in [-0.1, -0.05) is 11.8 Å². The van der Waals surface area contributed by atoms with E-state index in [9.17, 15) is 22.8 Å². The molecule has 1 N–H and O–H groups in total. The third-order valence-corrected chi connectivity index (χ3v) is 3.78. The van der Waals surface area contributed by atoms with Crippen molar-refractivity contribution >= 4 is 23.6 Å². The van der Waals surface area contributed by atoms with E-state index in [4.69, 9.17) is 0 Å². The van der Waals surface area contributed by atoms with Gasteiger partial charge in [0.1, 0.15) is 0 Å². The molecule has 1 rings (SSSR count). The van der Waals surface area contributed by atoms with Crippen LogP contribution in [-0.2, 0) is 15.8 Å². The molecule has 1 aromatic heterocycles. The van der Waals surface area contributed by atoms with Gasteiger partial charge in [-0.2, -0.15) is 13.2 Å². The largest absolute Gasteiger partial charge is 0.417 e. The molecule has 5 nitrogen and oxygen atoms in total. The second kappa shape index (κ2) is 8.76. The van der Waals surface area contributed by atoms with Crippen molar-refractivity contribution in [3.05, 3.63) is 23.9 Å². The average Bonchev–Trinajstić information content (AvgIpc) is 2.50. The summed E-state index contributed by atoms with van der Waals surface area (Å²) in [7, 11) is 0. The molecule has 0 bridgehead atoms. The van der Waals surface area contributed by atoms with Gasteiger partial charge in [0.25, 0.3) is 0 Å². The average molecular weight is 349 g/mol. The fourth-order valence-electron chi connectivity index (χ4n) is 1.66. The fraction of sp³-hybridized carbons (Fsp3) is 0.500. The van der Waals surface area contributed by atoms with Crippen LogP contribution in [0.15, 0.2) is 23.4 Å². The van der Waals surface area contributed by atoms with Crippen LogP contribution in [-0.4, -0.2) is 47.1 Å². The Labute approximate surface area is 136 Å². The Bertz CT molecular complexity index is 535. The van der Waals surface area contributed by atoms with E-state index in [1.165, 1.54) is 11.0 Å². The van der Waals surface area contributed by atoms with Crippen molar-refractivity contribution < 1.29 is 22.8 Å². The van der Waals surface area contributed by atoms with Crippen LogP contribution >= 0.6 is 11.8 Å². The van der Waals surface area contributed by atoms with E-state index in [1.54, 1.807) is 13.8 Å². The highest BCUT2D eigenvalue weighted by atomic mass is 32.2. The van der Waals surface area contributed by atoms with E-state index in [2.05, 4.69) is 10.3 Å². The van der Waals surface area contributed by atoms with Crippen LogP contribution in [0.5, 0.6) is 0 Å². The molecule has 9 heteroatoms. The van der Waals surface area contributed by atoms with Crippen molar-refractivity contribution in [2.75, 3.05) is 25.4 Å². The number of likely N-dealkylation sites (N-methyl/N-ethyl adjacent to an activating group) is 2. The maximum atomic E-state index is 12.4. The quantitative estimate of drug-likeness (QED) is 0.767. The van der Waals surface area contributed by atoms with E-state index in [0.717, 1.165) is 24.0 Å². The first-order chi connectivity index (χ1) is 10.8. The maximum Gasteiger partial charge on any atom is 0.417 e. The number of aromatic nitrogens is 1. The first-order valence-corrected chi connectivity index (χ1v) is 7.97. The Hall–Kier alpha value is -1.77. The second-order valence-corrected chi connectivity index (χ2v) is 5.53. The van der Waals surface area contributed by atoms with Crippen molar-refractivity contribution in [2.24, 2.45) is 0 Å². The predicted octanol–water partition coefficient (Wildman–Crippen LogP) is 2.18. The van der Waals surface area contributed by atoms with Crippen LogP contribution in [0.3, 0.4) is 0 Å². The van der Waals surface area contributed by atoms with Crippen molar-refractivity contribution in [1.29, 1.82) is 0 Å². The smallest absolute Gasteiger partial charge is 0.355 e. The van der Waals surface area contributed by atoms with Crippen molar-refractivity contribution in [3.63, 3.8) is 0 Å². The molecule has 0 aliphatic carbocycles. The topological polar surface area (TPSA) is 62.3 Å². The van der Waals surface area contributed by atoms with Crippen LogP contribution in [0.4, 0.5) is 13.2 Å². The number of thioether (sulfide) groups is 1. The molecule has 0 aromatic carbocycles. The number of carbonyl (C=O) groups is 2. The van der Waals surface area contributed by atoms with Gasteiger partial charge in [-0.05, 0) is 26.0 Å². The van der Waals surface area contributed by atoms with E-state index in [-0.39, 0.29) is 24.1 Å². The summed E-state index contributed by atoms with van der Waals surface area (Å²) < 4.78 is 37.3. The van der Waals surface area contributed by atoms with Gasteiger partial charge in [0, 0.05) is 19.3 Å². The number of hydrogen-bond donors (Lipinski definition) is 1. The minimum absolute atomic E-state index is 0.00557. The first kappa shape index (κ1) is 19.3. The molecule has 23 heavy (non-hydrogen) atoms. The molecule has 0 fully saturated rings. The lowest BCUT2D eigenvalue weighted by Crippen LogP contribution is -2.41. The van der Waals surface area contributed by atoms with E-state index in [1.807, 2.05) is 0 Å². The Kier molecular flexibility index (Phi) is 7.34. The number of amides is 2. The highest BCUT2D eigenvalue weighted by Gasteiger charge is 2.30. The molecule has 0 radical (unpaired) electrons. The number of hydrogen-bond acceptors (Lipinski definition) is 4. The van der Waals surface area contributed by atoms with Gasteiger partial charge >= 0.3 is 6.18 Å². The van der Waals surface area contributed by atoms with Crippen LogP contribution in [0, 0.1) is 0 Å². The highest BCUT2D eigenvalue weighted by Crippen LogP contribution is 2.29. The molecular formula is C14H18F3N3O2S. The zero-order valence-electron chi connectivity index (χ0n) is 12.8. The molecule has 0 saturated carbocycles. The normalized spacial score (nSPS) is 11.2. The number of halogens is 3.